The molecule has 0 spiro atoms. The zero-order valence-electron chi connectivity index (χ0n) is 10.5. The van der Waals surface area contributed by atoms with Gasteiger partial charge in [0, 0.05) is 6.42 Å². The number of amides is 1. The molecule has 0 saturated heterocycles. The Bertz CT molecular complexity index is 431. The summed E-state index contributed by atoms with van der Waals surface area (Å²) in [4.78, 5) is 22.2. The van der Waals surface area contributed by atoms with Crippen LogP contribution in [0.2, 0.25) is 0 Å². The highest BCUT2D eigenvalue weighted by atomic mass is 16.5. The maximum Gasteiger partial charge on any atom is 0.305 e. The van der Waals surface area contributed by atoms with Crippen molar-refractivity contribution in [2.75, 3.05) is 7.11 Å². The lowest BCUT2D eigenvalue weighted by molar-refractivity contribution is -0.137. The number of carboxylic acids is 1. The van der Waals surface area contributed by atoms with Gasteiger partial charge < -0.3 is 15.2 Å². The van der Waals surface area contributed by atoms with Crippen molar-refractivity contribution >= 4 is 11.9 Å². The van der Waals surface area contributed by atoms with Gasteiger partial charge in [-0.15, -0.1) is 0 Å². The third kappa shape index (κ3) is 4.08. The molecule has 0 fully saturated rings. The van der Waals surface area contributed by atoms with E-state index >= 15 is 0 Å². The van der Waals surface area contributed by atoms with E-state index in [0.29, 0.717) is 12.2 Å². The average Bonchev–Trinajstić information content (AvgIpc) is 2.37. The molecule has 5 nitrogen and oxygen atoms in total. The summed E-state index contributed by atoms with van der Waals surface area (Å²) < 4.78 is 5.08. The summed E-state index contributed by atoms with van der Waals surface area (Å²) in [6, 6.07) is 6.49. The summed E-state index contributed by atoms with van der Waals surface area (Å²) >= 11 is 0. The fraction of sp³-hybridized carbons (Fsp3) is 0.385. The van der Waals surface area contributed by atoms with E-state index in [-0.39, 0.29) is 12.3 Å². The van der Waals surface area contributed by atoms with E-state index in [2.05, 4.69) is 5.32 Å². The van der Waals surface area contributed by atoms with Crippen LogP contribution in [0.5, 0.6) is 5.75 Å². The number of rotatable bonds is 6. The highest BCUT2D eigenvalue weighted by molar-refractivity contribution is 5.77. The molecule has 1 atom stereocenters. The number of hydrogen-bond donors (Lipinski definition) is 2. The Hall–Kier alpha value is -2.04. The van der Waals surface area contributed by atoms with E-state index < -0.39 is 12.0 Å². The van der Waals surface area contributed by atoms with Crippen LogP contribution in [-0.2, 0) is 9.59 Å². The second kappa shape index (κ2) is 6.64. The molecule has 0 aliphatic carbocycles. The molecule has 0 aromatic heterocycles. The number of ether oxygens (including phenoxy) is 1. The third-order valence-electron chi connectivity index (χ3n) is 2.53. The molecule has 0 aliphatic rings. The van der Waals surface area contributed by atoms with Gasteiger partial charge in [-0.1, -0.05) is 19.1 Å². The van der Waals surface area contributed by atoms with Crippen molar-refractivity contribution in [2.24, 2.45) is 0 Å². The number of carbonyl (C=O) groups excluding carboxylic acids is 1. The van der Waals surface area contributed by atoms with Gasteiger partial charge in [0.1, 0.15) is 5.75 Å². The lowest BCUT2D eigenvalue weighted by Crippen LogP contribution is -2.29. The first-order valence-electron chi connectivity index (χ1n) is 5.72. The second-order valence-corrected chi connectivity index (χ2v) is 3.85. The Morgan fingerprint density at radius 1 is 1.44 bits per heavy atom. The molecule has 1 rings (SSSR count). The van der Waals surface area contributed by atoms with E-state index in [0.717, 1.165) is 5.56 Å². The summed E-state index contributed by atoms with van der Waals surface area (Å²) in [5, 5.41) is 11.6. The zero-order valence-corrected chi connectivity index (χ0v) is 10.5. The van der Waals surface area contributed by atoms with Gasteiger partial charge in [0.15, 0.2) is 0 Å². The van der Waals surface area contributed by atoms with Gasteiger partial charge in [0.25, 0.3) is 0 Å². The Balaban J connectivity index is 2.92. The fourth-order valence-corrected chi connectivity index (χ4v) is 1.58. The molecular formula is C13H17NO4. The van der Waals surface area contributed by atoms with Crippen molar-refractivity contribution < 1.29 is 19.4 Å². The summed E-state index contributed by atoms with van der Waals surface area (Å²) in [5.41, 5.74) is 0.721. The Morgan fingerprint density at radius 2 is 2.17 bits per heavy atom. The van der Waals surface area contributed by atoms with Crippen LogP contribution in [-0.4, -0.2) is 24.1 Å². The standard InChI is InChI=1S/C13H17NO4/c1-3-12(15)14-11(8-13(16)17)9-5-4-6-10(7-9)18-2/h4-7,11H,3,8H2,1-2H3,(H,14,15)(H,16,17). The predicted octanol–water partition coefficient (Wildman–Crippen LogP) is 1.74. The van der Waals surface area contributed by atoms with Crippen molar-refractivity contribution in [3.05, 3.63) is 29.8 Å². The largest absolute Gasteiger partial charge is 0.497 e. The van der Waals surface area contributed by atoms with Gasteiger partial charge in [0.2, 0.25) is 5.91 Å². The van der Waals surface area contributed by atoms with Gasteiger partial charge in [-0.3, -0.25) is 9.59 Å². The molecule has 0 saturated carbocycles. The van der Waals surface area contributed by atoms with E-state index in [1.807, 2.05) is 0 Å². The number of aliphatic carboxylic acids is 1. The first kappa shape index (κ1) is 14.0. The second-order valence-electron chi connectivity index (χ2n) is 3.85. The quantitative estimate of drug-likeness (QED) is 0.807. The lowest BCUT2D eigenvalue weighted by Gasteiger charge is -2.17. The van der Waals surface area contributed by atoms with Crippen molar-refractivity contribution in [3.63, 3.8) is 0 Å². The molecule has 1 unspecified atom stereocenters. The molecule has 18 heavy (non-hydrogen) atoms. The van der Waals surface area contributed by atoms with Crippen LogP contribution in [0.1, 0.15) is 31.4 Å². The SMILES string of the molecule is CCC(=O)NC(CC(=O)O)c1cccc(OC)c1. The monoisotopic (exact) mass is 251 g/mol. The first-order chi connectivity index (χ1) is 8.56. The van der Waals surface area contributed by atoms with Gasteiger partial charge in [0.05, 0.1) is 19.6 Å². The van der Waals surface area contributed by atoms with Crippen molar-refractivity contribution in [2.45, 2.75) is 25.8 Å². The summed E-state index contributed by atoms with van der Waals surface area (Å²) in [6.45, 7) is 1.72. The first-order valence-corrected chi connectivity index (χ1v) is 5.72. The average molecular weight is 251 g/mol. The van der Waals surface area contributed by atoms with Crippen molar-refractivity contribution in [1.29, 1.82) is 0 Å². The van der Waals surface area contributed by atoms with Crippen LogP contribution in [0.25, 0.3) is 0 Å². The topological polar surface area (TPSA) is 75.6 Å². The van der Waals surface area contributed by atoms with Gasteiger partial charge >= 0.3 is 5.97 Å². The van der Waals surface area contributed by atoms with Gasteiger partial charge in [-0.25, -0.2) is 0 Å². The fourth-order valence-electron chi connectivity index (χ4n) is 1.58. The summed E-state index contributed by atoms with van der Waals surface area (Å²) in [7, 11) is 1.54. The predicted molar refractivity (Wildman–Crippen MR) is 66.4 cm³/mol. The van der Waals surface area contributed by atoms with E-state index in [1.165, 1.54) is 7.11 Å². The van der Waals surface area contributed by atoms with Crippen LogP contribution in [0, 0.1) is 0 Å². The molecular weight excluding hydrogens is 234 g/mol. The van der Waals surface area contributed by atoms with Crippen LogP contribution >= 0.6 is 0 Å². The minimum atomic E-state index is -0.959. The smallest absolute Gasteiger partial charge is 0.305 e. The van der Waals surface area contributed by atoms with Crippen LogP contribution in [0.3, 0.4) is 0 Å². The Morgan fingerprint density at radius 3 is 2.72 bits per heavy atom. The molecule has 1 aromatic rings. The number of carboxylic acid groups (broad SMARTS) is 1. The number of methoxy groups -OCH3 is 1. The van der Waals surface area contributed by atoms with E-state index in [4.69, 9.17) is 9.84 Å². The minimum absolute atomic E-state index is 0.154. The number of nitrogens with one attached hydrogen (secondary N) is 1. The molecule has 98 valence electrons. The Kier molecular flexibility index (Phi) is 5.17. The molecule has 0 heterocycles. The molecule has 1 aromatic carbocycles. The molecule has 0 bridgehead atoms. The van der Waals surface area contributed by atoms with Crippen LogP contribution < -0.4 is 10.1 Å². The van der Waals surface area contributed by atoms with Crippen LogP contribution in [0.4, 0.5) is 0 Å². The van der Waals surface area contributed by atoms with Crippen molar-refractivity contribution in [1.82, 2.24) is 5.32 Å². The maximum atomic E-state index is 11.4. The summed E-state index contributed by atoms with van der Waals surface area (Å²) in [5.74, 6) is -0.503. The summed E-state index contributed by atoms with van der Waals surface area (Å²) in [6.07, 6.45) is 0.166. The highest BCUT2D eigenvalue weighted by Crippen LogP contribution is 2.21. The molecule has 0 aliphatic heterocycles. The number of hydrogen-bond acceptors (Lipinski definition) is 3. The minimum Gasteiger partial charge on any atom is -0.497 e. The molecule has 2 N–H and O–H groups in total. The highest BCUT2D eigenvalue weighted by Gasteiger charge is 2.17. The van der Waals surface area contributed by atoms with Crippen molar-refractivity contribution in [3.8, 4) is 5.75 Å². The maximum absolute atomic E-state index is 11.4. The normalized spacial score (nSPS) is 11.7. The lowest BCUT2D eigenvalue weighted by atomic mass is 10.0. The number of benzene rings is 1. The number of carbonyl (C=O) groups is 2. The molecule has 1 amide bonds. The van der Waals surface area contributed by atoms with Gasteiger partial charge in [-0.05, 0) is 17.7 Å². The van der Waals surface area contributed by atoms with E-state index in [9.17, 15) is 9.59 Å². The van der Waals surface area contributed by atoms with E-state index in [1.54, 1.807) is 31.2 Å². The zero-order chi connectivity index (χ0) is 13.5. The Labute approximate surface area is 106 Å². The van der Waals surface area contributed by atoms with Crippen LogP contribution in [0.15, 0.2) is 24.3 Å². The van der Waals surface area contributed by atoms with Gasteiger partial charge in [-0.2, -0.15) is 0 Å². The third-order valence-corrected chi connectivity index (χ3v) is 2.53. The molecule has 0 radical (unpaired) electrons. The molecule has 5 heteroatoms.